The summed E-state index contributed by atoms with van der Waals surface area (Å²) in [7, 11) is 0. The highest BCUT2D eigenvalue weighted by Gasteiger charge is 2.35. The molecule has 0 amide bonds. The fraction of sp³-hybridized carbons (Fsp3) is 0.700. The maximum atomic E-state index is 2.60. The van der Waals surface area contributed by atoms with Crippen LogP contribution >= 0.6 is 0 Å². The van der Waals surface area contributed by atoms with Crippen LogP contribution in [0.3, 0.4) is 0 Å². The monoisotopic (exact) mass is 272 g/mol. The molecule has 0 saturated heterocycles. The van der Waals surface area contributed by atoms with E-state index in [-0.39, 0.29) is 0 Å². The smallest absolute Gasteiger partial charge is 0.00812 e. The second-order valence-electron chi connectivity index (χ2n) is 8.06. The second-order valence-corrected chi connectivity index (χ2v) is 8.06. The first-order valence-electron chi connectivity index (χ1n) is 8.34. The first kappa shape index (κ1) is 15.6. The summed E-state index contributed by atoms with van der Waals surface area (Å²) >= 11 is 0. The van der Waals surface area contributed by atoms with Crippen LogP contribution in [0.15, 0.2) is 34.9 Å². The van der Waals surface area contributed by atoms with Gasteiger partial charge in [-0.1, -0.05) is 55.7 Å². The lowest BCUT2D eigenvalue weighted by atomic mass is 9.64. The number of allylic oxidation sites excluding steroid dienone is 6. The predicted molar refractivity (Wildman–Crippen MR) is 89.8 cm³/mol. The molecule has 20 heavy (non-hydrogen) atoms. The molecule has 0 aromatic rings. The zero-order valence-corrected chi connectivity index (χ0v) is 14.2. The number of hydrogen-bond acceptors (Lipinski definition) is 0. The Labute approximate surface area is 126 Å². The molecule has 0 aliphatic heterocycles. The summed E-state index contributed by atoms with van der Waals surface area (Å²) < 4.78 is 0. The summed E-state index contributed by atoms with van der Waals surface area (Å²) in [6, 6.07) is 0. The van der Waals surface area contributed by atoms with Crippen molar-refractivity contribution in [1.29, 1.82) is 0 Å². The molecule has 0 aromatic heterocycles. The Balaban J connectivity index is 2.32. The van der Waals surface area contributed by atoms with Crippen LogP contribution in [-0.2, 0) is 0 Å². The molecular formula is C20H32. The van der Waals surface area contributed by atoms with Crippen LogP contribution in [0, 0.1) is 10.8 Å². The van der Waals surface area contributed by atoms with E-state index >= 15 is 0 Å². The van der Waals surface area contributed by atoms with Crippen molar-refractivity contribution in [2.75, 3.05) is 0 Å². The van der Waals surface area contributed by atoms with Gasteiger partial charge in [-0.2, -0.15) is 0 Å². The summed E-state index contributed by atoms with van der Waals surface area (Å²) in [5, 5.41) is 0. The predicted octanol–water partition coefficient (Wildman–Crippen LogP) is 6.60. The molecule has 1 atom stereocenters. The maximum Gasteiger partial charge on any atom is -0.00812 e. The van der Waals surface area contributed by atoms with Gasteiger partial charge in [0, 0.05) is 0 Å². The summed E-state index contributed by atoms with van der Waals surface area (Å²) in [6.07, 6.45) is 16.4. The minimum atomic E-state index is 0.394. The average molecular weight is 272 g/mol. The zero-order chi connectivity index (χ0) is 14.8. The summed E-state index contributed by atoms with van der Waals surface area (Å²) in [6.45, 7) is 11.9. The molecule has 0 aromatic carbocycles. The SMILES string of the molecule is C/C1=C\CC2(C)CCC(C)(C)C=C2CC/C(C)=C/CC1. The van der Waals surface area contributed by atoms with Crippen LogP contribution < -0.4 is 0 Å². The van der Waals surface area contributed by atoms with Gasteiger partial charge >= 0.3 is 0 Å². The fourth-order valence-electron chi connectivity index (χ4n) is 3.57. The molecule has 0 radical (unpaired) electrons. The Morgan fingerprint density at radius 2 is 1.55 bits per heavy atom. The molecule has 0 heterocycles. The number of rotatable bonds is 0. The normalized spacial score (nSPS) is 36.5. The van der Waals surface area contributed by atoms with Gasteiger partial charge in [-0.15, -0.1) is 0 Å². The van der Waals surface area contributed by atoms with Crippen LogP contribution in [0.5, 0.6) is 0 Å². The highest BCUT2D eigenvalue weighted by atomic mass is 14.4. The molecule has 1 unspecified atom stereocenters. The van der Waals surface area contributed by atoms with Crippen LogP contribution in [-0.4, -0.2) is 0 Å². The lowest BCUT2D eigenvalue weighted by molar-refractivity contribution is 0.254. The zero-order valence-electron chi connectivity index (χ0n) is 14.2. The van der Waals surface area contributed by atoms with Gasteiger partial charge in [-0.3, -0.25) is 0 Å². The van der Waals surface area contributed by atoms with E-state index in [9.17, 15) is 0 Å². The van der Waals surface area contributed by atoms with Crippen molar-refractivity contribution in [1.82, 2.24) is 0 Å². The molecule has 0 fully saturated rings. The van der Waals surface area contributed by atoms with Crippen molar-refractivity contribution in [2.24, 2.45) is 10.8 Å². The molecule has 0 heteroatoms. The average Bonchev–Trinajstić information content (AvgIpc) is 2.39. The minimum Gasteiger partial charge on any atom is -0.0853 e. The largest absolute Gasteiger partial charge is 0.0853 e. The molecular weight excluding hydrogens is 240 g/mol. The van der Waals surface area contributed by atoms with Gasteiger partial charge in [-0.25, -0.2) is 0 Å². The van der Waals surface area contributed by atoms with Gasteiger partial charge in [0.1, 0.15) is 0 Å². The molecule has 112 valence electrons. The first-order valence-corrected chi connectivity index (χ1v) is 8.34. The van der Waals surface area contributed by atoms with Gasteiger partial charge in [0.25, 0.3) is 0 Å². The minimum absolute atomic E-state index is 0.394. The van der Waals surface area contributed by atoms with E-state index in [0.29, 0.717) is 10.8 Å². The van der Waals surface area contributed by atoms with Crippen LogP contribution in [0.25, 0.3) is 0 Å². The standard InChI is InChI=1S/C20H32/c1-16-7-6-8-17(2)11-12-20(5)14-13-19(3,4)15-18(20)10-9-16/h7,11,15H,6,8-10,12-14H2,1-5H3/b16-7+,17-11+. The van der Waals surface area contributed by atoms with Crippen molar-refractivity contribution >= 4 is 0 Å². The highest BCUT2D eigenvalue weighted by Crippen LogP contribution is 2.48. The lowest BCUT2D eigenvalue weighted by Gasteiger charge is -2.41. The van der Waals surface area contributed by atoms with Gasteiger partial charge in [0.15, 0.2) is 0 Å². The van der Waals surface area contributed by atoms with Crippen LogP contribution in [0.2, 0.25) is 0 Å². The van der Waals surface area contributed by atoms with E-state index in [1.807, 2.05) is 0 Å². The Morgan fingerprint density at radius 3 is 2.30 bits per heavy atom. The van der Waals surface area contributed by atoms with Gasteiger partial charge < -0.3 is 0 Å². The van der Waals surface area contributed by atoms with E-state index in [4.69, 9.17) is 0 Å². The van der Waals surface area contributed by atoms with E-state index in [1.54, 1.807) is 16.7 Å². The van der Waals surface area contributed by atoms with Crippen molar-refractivity contribution in [3.8, 4) is 0 Å². The Kier molecular flexibility index (Phi) is 4.62. The molecule has 2 aliphatic carbocycles. The van der Waals surface area contributed by atoms with E-state index in [0.717, 1.165) is 0 Å². The Bertz CT molecular complexity index is 445. The van der Waals surface area contributed by atoms with Gasteiger partial charge in [0.2, 0.25) is 0 Å². The highest BCUT2D eigenvalue weighted by molar-refractivity contribution is 5.24. The Hall–Kier alpha value is -0.780. The Morgan fingerprint density at radius 1 is 0.850 bits per heavy atom. The van der Waals surface area contributed by atoms with Crippen molar-refractivity contribution in [3.05, 3.63) is 34.9 Å². The quantitative estimate of drug-likeness (QED) is 0.436. The summed E-state index contributed by atoms with van der Waals surface area (Å²) in [4.78, 5) is 0. The summed E-state index contributed by atoms with van der Waals surface area (Å²) in [5.74, 6) is 0. The molecule has 2 rings (SSSR count). The topological polar surface area (TPSA) is 0 Å². The third-order valence-corrected chi connectivity index (χ3v) is 5.38. The molecule has 0 spiro atoms. The first-order chi connectivity index (χ1) is 9.31. The molecule has 0 bridgehead atoms. The fourth-order valence-corrected chi connectivity index (χ4v) is 3.57. The van der Waals surface area contributed by atoms with Crippen LogP contribution in [0.1, 0.15) is 79.6 Å². The molecule has 0 N–H and O–H groups in total. The number of hydrogen-bond donors (Lipinski definition) is 0. The lowest BCUT2D eigenvalue weighted by Crippen LogP contribution is -2.28. The molecule has 2 aliphatic rings. The number of fused-ring (bicyclic) bond motifs is 1. The second kappa shape index (κ2) is 5.92. The van der Waals surface area contributed by atoms with E-state index in [1.165, 1.54) is 44.9 Å². The van der Waals surface area contributed by atoms with Crippen molar-refractivity contribution < 1.29 is 0 Å². The molecule has 0 saturated carbocycles. The van der Waals surface area contributed by atoms with Gasteiger partial charge in [0.05, 0.1) is 0 Å². The van der Waals surface area contributed by atoms with Crippen molar-refractivity contribution in [2.45, 2.75) is 79.6 Å². The van der Waals surface area contributed by atoms with Crippen molar-refractivity contribution in [3.63, 3.8) is 0 Å². The summed E-state index contributed by atoms with van der Waals surface area (Å²) in [5.41, 5.74) is 5.66. The van der Waals surface area contributed by atoms with E-state index in [2.05, 4.69) is 52.8 Å². The third kappa shape index (κ3) is 3.87. The third-order valence-electron chi connectivity index (χ3n) is 5.38. The maximum absolute atomic E-state index is 2.60. The van der Waals surface area contributed by atoms with E-state index < -0.39 is 0 Å². The van der Waals surface area contributed by atoms with Gasteiger partial charge in [-0.05, 0) is 69.6 Å². The molecule has 0 nitrogen and oxygen atoms in total. The van der Waals surface area contributed by atoms with Crippen LogP contribution in [0.4, 0.5) is 0 Å².